The van der Waals surface area contributed by atoms with Gasteiger partial charge >= 0.3 is 0 Å². The van der Waals surface area contributed by atoms with Gasteiger partial charge in [0, 0.05) is 33.2 Å². The molecule has 0 N–H and O–H groups in total. The molecule has 0 amide bonds. The second-order valence-corrected chi connectivity index (χ2v) is 13.2. The van der Waals surface area contributed by atoms with Crippen LogP contribution in [0.3, 0.4) is 0 Å². The van der Waals surface area contributed by atoms with Gasteiger partial charge in [-0.05, 0) is 74.1 Å². The van der Waals surface area contributed by atoms with Crippen molar-refractivity contribution in [2.24, 2.45) is 0 Å². The highest BCUT2D eigenvalue weighted by Gasteiger charge is 2.24. The summed E-state index contributed by atoms with van der Waals surface area (Å²) in [6.07, 6.45) is 0. The smallest absolute Gasteiger partial charge is 0.164 e. The zero-order valence-electron chi connectivity index (χ0n) is 27.5. The standard InChI is InChI=1S/C47H28N4/c1-2-12-29(13-3-1)45-48-46(50-47(49-45)41-27-26-39-34-16-5-4-15-33(34)37-19-11-20-38(41)44(37)39)40-21-10-14-30-28-31(24-25-32(30)40)51-42-22-8-6-17-35(42)36-18-7-9-23-43(36)51/h1-28H. The van der Waals surface area contributed by atoms with Crippen LogP contribution in [0.25, 0.3) is 105 Å². The van der Waals surface area contributed by atoms with E-state index in [1.54, 1.807) is 0 Å². The minimum Gasteiger partial charge on any atom is -0.309 e. The number of benzene rings is 8. The Balaban J connectivity index is 1.12. The quantitative estimate of drug-likeness (QED) is 0.191. The number of rotatable bonds is 4. The Hall–Kier alpha value is -6.91. The van der Waals surface area contributed by atoms with Gasteiger partial charge in [0.05, 0.1) is 11.0 Å². The second-order valence-electron chi connectivity index (χ2n) is 13.2. The Kier molecular flexibility index (Phi) is 5.92. The van der Waals surface area contributed by atoms with E-state index in [0.29, 0.717) is 17.5 Å². The summed E-state index contributed by atoms with van der Waals surface area (Å²) >= 11 is 0. The van der Waals surface area contributed by atoms with Crippen molar-refractivity contribution in [2.75, 3.05) is 0 Å². The van der Waals surface area contributed by atoms with Gasteiger partial charge in [0.2, 0.25) is 0 Å². The third kappa shape index (κ3) is 4.17. The maximum absolute atomic E-state index is 5.26. The summed E-state index contributed by atoms with van der Waals surface area (Å²) in [5.41, 5.74) is 11.5. The van der Waals surface area contributed by atoms with E-state index < -0.39 is 0 Å². The first-order chi connectivity index (χ1) is 25.3. The first-order valence-corrected chi connectivity index (χ1v) is 17.3. The Bertz CT molecular complexity index is 2950. The van der Waals surface area contributed by atoms with Crippen LogP contribution in [-0.2, 0) is 0 Å². The lowest BCUT2D eigenvalue weighted by Crippen LogP contribution is -2.01. The van der Waals surface area contributed by atoms with Gasteiger partial charge in [-0.15, -0.1) is 0 Å². The molecule has 51 heavy (non-hydrogen) atoms. The third-order valence-electron chi connectivity index (χ3n) is 10.4. The highest BCUT2D eigenvalue weighted by molar-refractivity contribution is 6.18. The Morgan fingerprint density at radius 3 is 1.61 bits per heavy atom. The van der Waals surface area contributed by atoms with Crippen molar-refractivity contribution in [1.82, 2.24) is 19.5 Å². The third-order valence-corrected chi connectivity index (χ3v) is 10.4. The number of fused-ring (bicyclic) bond motifs is 7. The number of para-hydroxylation sites is 2. The van der Waals surface area contributed by atoms with Gasteiger partial charge in [-0.2, -0.15) is 0 Å². The first-order valence-electron chi connectivity index (χ1n) is 17.3. The topological polar surface area (TPSA) is 43.6 Å². The molecule has 0 radical (unpaired) electrons. The van der Waals surface area contributed by atoms with Crippen LogP contribution in [0.5, 0.6) is 0 Å². The summed E-state index contributed by atoms with van der Waals surface area (Å²) < 4.78 is 2.36. The van der Waals surface area contributed by atoms with Crippen molar-refractivity contribution >= 4 is 43.4 Å². The largest absolute Gasteiger partial charge is 0.309 e. The Morgan fingerprint density at radius 1 is 0.333 bits per heavy atom. The van der Waals surface area contributed by atoms with Crippen molar-refractivity contribution < 1.29 is 0 Å². The lowest BCUT2D eigenvalue weighted by Gasteiger charge is -2.13. The van der Waals surface area contributed by atoms with Crippen molar-refractivity contribution in [3.63, 3.8) is 0 Å². The predicted molar refractivity (Wildman–Crippen MR) is 210 cm³/mol. The molecule has 0 atom stereocenters. The maximum Gasteiger partial charge on any atom is 0.164 e. The number of hydrogen-bond donors (Lipinski definition) is 0. The highest BCUT2D eigenvalue weighted by Crippen LogP contribution is 2.49. The lowest BCUT2D eigenvalue weighted by molar-refractivity contribution is 1.08. The van der Waals surface area contributed by atoms with Crippen molar-refractivity contribution in [2.45, 2.75) is 0 Å². The van der Waals surface area contributed by atoms with E-state index in [4.69, 9.17) is 15.0 Å². The summed E-state index contributed by atoms with van der Waals surface area (Å²) in [7, 11) is 0. The van der Waals surface area contributed by atoms with Crippen LogP contribution in [0.1, 0.15) is 0 Å². The molecule has 236 valence electrons. The zero-order valence-corrected chi connectivity index (χ0v) is 27.5. The molecule has 2 aromatic heterocycles. The Morgan fingerprint density at radius 2 is 0.863 bits per heavy atom. The minimum atomic E-state index is 0.653. The van der Waals surface area contributed by atoms with Gasteiger partial charge in [0.25, 0.3) is 0 Å². The maximum atomic E-state index is 5.26. The second kappa shape index (κ2) is 10.8. The van der Waals surface area contributed by atoms with Gasteiger partial charge in [0.1, 0.15) is 0 Å². The Labute approximate surface area is 294 Å². The summed E-state index contributed by atoms with van der Waals surface area (Å²) in [5, 5.41) is 7.11. The van der Waals surface area contributed by atoms with E-state index in [-0.39, 0.29) is 0 Å². The SMILES string of the molecule is c1ccc(-c2nc(-c3cccc4cc(-n5c6ccccc6c6ccccc65)ccc34)nc(-c3ccc4c5c(cccc35)-c3ccccc3-4)n2)cc1. The summed E-state index contributed by atoms with van der Waals surface area (Å²) in [6.45, 7) is 0. The fraction of sp³-hybridized carbons (Fsp3) is 0. The molecular formula is C47H28N4. The molecule has 0 spiro atoms. The van der Waals surface area contributed by atoms with Gasteiger partial charge in [0.15, 0.2) is 17.5 Å². The van der Waals surface area contributed by atoms with E-state index in [1.165, 1.54) is 49.4 Å². The normalized spacial score (nSPS) is 11.9. The summed E-state index contributed by atoms with van der Waals surface area (Å²) in [4.78, 5) is 15.5. The molecule has 10 aromatic rings. The molecule has 4 nitrogen and oxygen atoms in total. The molecule has 8 aromatic carbocycles. The van der Waals surface area contributed by atoms with E-state index in [0.717, 1.165) is 38.5 Å². The number of hydrogen-bond acceptors (Lipinski definition) is 3. The molecule has 11 rings (SSSR count). The van der Waals surface area contributed by atoms with Crippen LogP contribution in [0.15, 0.2) is 170 Å². The molecule has 2 heterocycles. The van der Waals surface area contributed by atoms with Crippen LogP contribution >= 0.6 is 0 Å². The molecule has 1 aliphatic rings. The predicted octanol–water partition coefficient (Wildman–Crippen LogP) is 11.9. The number of nitrogens with zero attached hydrogens (tertiary/aromatic N) is 4. The fourth-order valence-electron chi connectivity index (χ4n) is 8.14. The van der Waals surface area contributed by atoms with E-state index in [1.807, 2.05) is 18.2 Å². The fourth-order valence-corrected chi connectivity index (χ4v) is 8.14. The number of aromatic nitrogens is 4. The first kappa shape index (κ1) is 28.0. The van der Waals surface area contributed by atoms with E-state index in [9.17, 15) is 0 Å². The molecule has 0 aliphatic heterocycles. The van der Waals surface area contributed by atoms with Crippen LogP contribution in [-0.4, -0.2) is 19.5 Å². The van der Waals surface area contributed by atoms with Crippen LogP contribution in [0.4, 0.5) is 0 Å². The van der Waals surface area contributed by atoms with Gasteiger partial charge in [-0.3, -0.25) is 0 Å². The van der Waals surface area contributed by atoms with E-state index >= 15 is 0 Å². The van der Waals surface area contributed by atoms with Crippen LogP contribution in [0, 0.1) is 0 Å². The molecule has 0 saturated carbocycles. The van der Waals surface area contributed by atoms with Crippen LogP contribution < -0.4 is 0 Å². The molecule has 0 bridgehead atoms. The minimum absolute atomic E-state index is 0.653. The molecule has 0 unspecified atom stereocenters. The summed E-state index contributed by atoms with van der Waals surface area (Å²) in [5.74, 6) is 1.97. The highest BCUT2D eigenvalue weighted by atomic mass is 15.0. The average molecular weight is 649 g/mol. The van der Waals surface area contributed by atoms with Crippen molar-refractivity contribution in [1.29, 1.82) is 0 Å². The molecule has 0 saturated heterocycles. The molecule has 1 aliphatic carbocycles. The van der Waals surface area contributed by atoms with Crippen molar-refractivity contribution in [3.8, 4) is 62.1 Å². The zero-order chi connectivity index (χ0) is 33.5. The molecule has 4 heteroatoms. The average Bonchev–Trinajstić information content (AvgIpc) is 3.72. The van der Waals surface area contributed by atoms with Gasteiger partial charge < -0.3 is 4.57 Å². The van der Waals surface area contributed by atoms with Crippen molar-refractivity contribution in [3.05, 3.63) is 170 Å². The van der Waals surface area contributed by atoms with Gasteiger partial charge in [-0.25, -0.2) is 15.0 Å². The molecule has 0 fully saturated rings. The van der Waals surface area contributed by atoms with Gasteiger partial charge in [-0.1, -0.05) is 140 Å². The monoisotopic (exact) mass is 648 g/mol. The van der Waals surface area contributed by atoms with Crippen LogP contribution in [0.2, 0.25) is 0 Å². The lowest BCUT2D eigenvalue weighted by atomic mass is 9.98. The summed E-state index contributed by atoms with van der Waals surface area (Å²) in [6, 6.07) is 60.2. The van der Waals surface area contributed by atoms with E-state index in [2.05, 4.69) is 156 Å². The molecular weight excluding hydrogens is 621 g/mol.